The maximum absolute atomic E-state index is 3.89. The summed E-state index contributed by atoms with van der Waals surface area (Å²) in [7, 11) is 0. The molecule has 0 unspecified atom stereocenters. The fourth-order valence-corrected chi connectivity index (χ4v) is 0.585. The summed E-state index contributed by atoms with van der Waals surface area (Å²) in [5, 5.41) is 0. The van der Waals surface area contributed by atoms with Crippen LogP contribution in [0.2, 0.25) is 0 Å². The van der Waals surface area contributed by atoms with Gasteiger partial charge in [-0.05, 0) is 6.42 Å². The summed E-state index contributed by atoms with van der Waals surface area (Å²) in [5.74, 6) is 0. The second-order valence-electron chi connectivity index (χ2n) is 1.80. The van der Waals surface area contributed by atoms with Gasteiger partial charge < -0.3 is 4.57 Å². The fraction of sp³-hybridized carbons (Fsp3) is 0.286. The molecule has 0 saturated carbocycles. The summed E-state index contributed by atoms with van der Waals surface area (Å²) in [6.45, 7) is 2.10. The van der Waals surface area contributed by atoms with Gasteiger partial charge in [-0.1, -0.05) is 13.0 Å². The second kappa shape index (κ2) is 3.07. The van der Waals surface area contributed by atoms with E-state index >= 15 is 0 Å². The number of hydrogen-bond donors (Lipinski definition) is 0. The molecule has 1 rings (SSSR count). The summed E-state index contributed by atoms with van der Waals surface area (Å²) >= 11 is 0. The van der Waals surface area contributed by atoms with Gasteiger partial charge in [0.25, 0.3) is 0 Å². The van der Waals surface area contributed by atoms with Crippen LogP contribution in [0.25, 0.3) is 6.20 Å². The lowest BCUT2D eigenvalue weighted by Crippen LogP contribution is -1.76. The summed E-state index contributed by atoms with van der Waals surface area (Å²) in [4.78, 5) is 3.89. The zero-order valence-corrected chi connectivity index (χ0v) is 5.49. The molecule has 0 aromatic carbocycles. The Morgan fingerprint density at radius 3 is 3.11 bits per heavy atom. The fourth-order valence-electron chi connectivity index (χ4n) is 0.585. The molecule has 0 fully saturated rings. The monoisotopic (exact) mass is 122 g/mol. The van der Waals surface area contributed by atoms with Gasteiger partial charge in [-0.25, -0.2) is 4.98 Å². The van der Waals surface area contributed by atoms with Gasteiger partial charge in [0, 0.05) is 18.6 Å². The molecule has 2 nitrogen and oxygen atoms in total. The van der Waals surface area contributed by atoms with E-state index in [0.29, 0.717) is 0 Å². The highest BCUT2D eigenvalue weighted by Gasteiger charge is 1.76. The Labute approximate surface area is 54.8 Å². The molecule has 9 heavy (non-hydrogen) atoms. The van der Waals surface area contributed by atoms with Crippen LogP contribution in [-0.2, 0) is 0 Å². The van der Waals surface area contributed by atoms with Crippen LogP contribution in [0.4, 0.5) is 0 Å². The van der Waals surface area contributed by atoms with Gasteiger partial charge >= 0.3 is 0 Å². The van der Waals surface area contributed by atoms with Gasteiger partial charge in [0.2, 0.25) is 0 Å². The first-order chi connectivity index (χ1) is 4.43. The van der Waals surface area contributed by atoms with E-state index in [9.17, 15) is 0 Å². The Morgan fingerprint density at radius 1 is 1.67 bits per heavy atom. The number of nitrogens with zero attached hydrogens (tertiary/aromatic N) is 2. The first-order valence-corrected chi connectivity index (χ1v) is 3.07. The van der Waals surface area contributed by atoms with Gasteiger partial charge in [-0.15, -0.1) is 0 Å². The molecular formula is C7H10N2. The van der Waals surface area contributed by atoms with Crippen molar-refractivity contribution in [3.63, 3.8) is 0 Å². The van der Waals surface area contributed by atoms with Gasteiger partial charge in [-0.3, -0.25) is 0 Å². The average Bonchev–Trinajstić information content (AvgIpc) is 2.34. The van der Waals surface area contributed by atoms with Crippen molar-refractivity contribution in [2.24, 2.45) is 0 Å². The van der Waals surface area contributed by atoms with Crippen LogP contribution < -0.4 is 0 Å². The lowest BCUT2D eigenvalue weighted by Gasteiger charge is -1.85. The first kappa shape index (κ1) is 6.08. The van der Waals surface area contributed by atoms with Gasteiger partial charge in [-0.2, -0.15) is 0 Å². The van der Waals surface area contributed by atoms with Crippen LogP contribution in [-0.4, -0.2) is 9.55 Å². The molecule has 48 valence electrons. The van der Waals surface area contributed by atoms with Crippen molar-refractivity contribution in [2.45, 2.75) is 13.3 Å². The molecule has 2 heteroatoms. The molecule has 1 aromatic rings. The molecule has 0 radical (unpaired) electrons. The normalized spacial score (nSPS) is 10.8. The van der Waals surface area contributed by atoms with Crippen LogP contribution >= 0.6 is 0 Å². The van der Waals surface area contributed by atoms with E-state index in [-0.39, 0.29) is 0 Å². The van der Waals surface area contributed by atoms with E-state index in [4.69, 9.17) is 0 Å². The molecule has 0 saturated heterocycles. The van der Waals surface area contributed by atoms with Crippen LogP contribution in [0.1, 0.15) is 13.3 Å². The third-order valence-electron chi connectivity index (χ3n) is 1.04. The van der Waals surface area contributed by atoms with Crippen LogP contribution in [0.3, 0.4) is 0 Å². The summed E-state index contributed by atoms with van der Waals surface area (Å²) < 4.78 is 1.92. The number of hydrogen-bond acceptors (Lipinski definition) is 1. The molecule has 0 aliphatic rings. The van der Waals surface area contributed by atoms with E-state index in [1.54, 1.807) is 12.5 Å². The maximum atomic E-state index is 3.89. The van der Waals surface area contributed by atoms with Crippen molar-refractivity contribution in [1.82, 2.24) is 9.55 Å². The predicted octanol–water partition coefficient (Wildman–Crippen LogP) is 1.76. The Bertz CT molecular complexity index is 175. The van der Waals surface area contributed by atoms with Crippen molar-refractivity contribution in [1.29, 1.82) is 0 Å². The zero-order chi connectivity index (χ0) is 6.53. The summed E-state index contributed by atoms with van der Waals surface area (Å²) in [6.07, 6.45) is 10.6. The van der Waals surface area contributed by atoms with E-state index in [1.165, 1.54) is 0 Å². The quantitative estimate of drug-likeness (QED) is 0.584. The van der Waals surface area contributed by atoms with E-state index in [0.717, 1.165) is 6.42 Å². The van der Waals surface area contributed by atoms with Crippen molar-refractivity contribution in [3.05, 3.63) is 24.8 Å². The van der Waals surface area contributed by atoms with Crippen molar-refractivity contribution in [3.8, 4) is 0 Å². The lowest BCUT2D eigenvalue weighted by atomic mass is 10.5. The molecule has 0 N–H and O–H groups in total. The third-order valence-corrected chi connectivity index (χ3v) is 1.04. The molecule has 0 spiro atoms. The standard InChI is InChI=1S/C7H10N2/c1-2-3-5-9-6-4-8-7-9/h3-7H,2H2,1H3. The first-order valence-electron chi connectivity index (χ1n) is 3.07. The third kappa shape index (κ3) is 1.72. The Kier molecular flexibility index (Phi) is 2.07. The van der Waals surface area contributed by atoms with E-state index in [1.807, 2.05) is 17.0 Å². The van der Waals surface area contributed by atoms with Gasteiger partial charge in [0.15, 0.2) is 0 Å². The highest BCUT2D eigenvalue weighted by atomic mass is 15.0. The minimum absolute atomic E-state index is 1.07. The van der Waals surface area contributed by atoms with Crippen molar-refractivity contribution >= 4 is 6.20 Å². The molecule has 0 bridgehead atoms. The highest BCUT2D eigenvalue weighted by molar-refractivity contribution is 5.20. The predicted molar refractivity (Wildman–Crippen MR) is 37.8 cm³/mol. The SMILES string of the molecule is CCC=Cn1ccnc1. The minimum Gasteiger partial charge on any atom is -0.313 e. The number of allylic oxidation sites excluding steroid dienone is 1. The smallest absolute Gasteiger partial charge is 0.0986 e. The Hall–Kier alpha value is -1.05. The maximum Gasteiger partial charge on any atom is 0.0986 e. The molecule has 0 aliphatic carbocycles. The molecule has 1 aromatic heterocycles. The topological polar surface area (TPSA) is 17.8 Å². The Balaban J connectivity index is 2.57. The summed E-state index contributed by atoms with van der Waals surface area (Å²) in [5.41, 5.74) is 0. The van der Waals surface area contributed by atoms with Crippen molar-refractivity contribution in [2.75, 3.05) is 0 Å². The average molecular weight is 122 g/mol. The highest BCUT2D eigenvalue weighted by Crippen LogP contribution is 1.87. The molecule has 0 amide bonds. The molecular weight excluding hydrogens is 112 g/mol. The molecule has 1 heterocycles. The summed E-state index contributed by atoms with van der Waals surface area (Å²) in [6, 6.07) is 0. The Morgan fingerprint density at radius 2 is 2.56 bits per heavy atom. The lowest BCUT2D eigenvalue weighted by molar-refractivity contribution is 1.11. The van der Waals surface area contributed by atoms with E-state index < -0.39 is 0 Å². The van der Waals surface area contributed by atoms with Crippen molar-refractivity contribution < 1.29 is 0 Å². The number of imidazole rings is 1. The van der Waals surface area contributed by atoms with Crippen LogP contribution in [0.15, 0.2) is 24.8 Å². The van der Waals surface area contributed by atoms with Gasteiger partial charge in [0.05, 0.1) is 6.33 Å². The van der Waals surface area contributed by atoms with E-state index in [2.05, 4.69) is 18.0 Å². The number of rotatable bonds is 2. The van der Waals surface area contributed by atoms with Crippen LogP contribution in [0, 0.1) is 0 Å². The molecule has 0 atom stereocenters. The van der Waals surface area contributed by atoms with Gasteiger partial charge in [0.1, 0.15) is 0 Å². The number of aromatic nitrogens is 2. The molecule has 0 aliphatic heterocycles. The second-order valence-corrected chi connectivity index (χ2v) is 1.80. The minimum atomic E-state index is 1.07. The largest absolute Gasteiger partial charge is 0.313 e. The van der Waals surface area contributed by atoms with Crippen LogP contribution in [0.5, 0.6) is 0 Å². The zero-order valence-electron chi connectivity index (χ0n) is 5.49.